The molecular formula is C32H31N5O2. The van der Waals surface area contributed by atoms with E-state index in [0.29, 0.717) is 40.3 Å². The maximum Gasteiger partial charge on any atom is 0.254 e. The molecule has 4 saturated carbocycles. The molecule has 5 aliphatic rings. The topological polar surface area (TPSA) is 76.1 Å². The van der Waals surface area contributed by atoms with Crippen LogP contribution in [0.1, 0.15) is 54.4 Å². The number of carbonyl (C=O) groups excluding carboxylic acids is 1. The van der Waals surface area contributed by atoms with Gasteiger partial charge < -0.3 is 18.8 Å². The van der Waals surface area contributed by atoms with Crippen LogP contribution in [0.4, 0.5) is 0 Å². The summed E-state index contributed by atoms with van der Waals surface area (Å²) >= 11 is 0. The summed E-state index contributed by atoms with van der Waals surface area (Å²) in [6, 6.07) is 15.1. The van der Waals surface area contributed by atoms with Gasteiger partial charge in [-0.05, 0) is 98.1 Å². The van der Waals surface area contributed by atoms with Crippen molar-refractivity contribution in [3.63, 3.8) is 0 Å². The fourth-order valence-corrected chi connectivity index (χ4v) is 9.02. The minimum absolute atomic E-state index is 0.146. The zero-order chi connectivity index (χ0) is 26.2. The summed E-state index contributed by atoms with van der Waals surface area (Å²) in [5.74, 6) is 4.12. The SMILES string of the molecule is COc1cc(C(=O)N2C3CCC4C5CC2C45C3)cc2nc(-c3cc4cc(C#N)ccc4n3CC3CC3)n(C)c12. The normalized spacial score (nSPS) is 29.8. The van der Waals surface area contributed by atoms with Gasteiger partial charge in [-0.15, -0.1) is 0 Å². The van der Waals surface area contributed by atoms with Crippen molar-refractivity contribution < 1.29 is 9.53 Å². The number of hydrogen-bond donors (Lipinski definition) is 0. The lowest BCUT2D eigenvalue weighted by Crippen LogP contribution is -2.46. The van der Waals surface area contributed by atoms with Crippen molar-refractivity contribution in [2.75, 3.05) is 7.11 Å². The Morgan fingerprint density at radius 2 is 2.03 bits per heavy atom. The molecule has 4 aromatic rings. The van der Waals surface area contributed by atoms with Gasteiger partial charge in [0.05, 0.1) is 30.0 Å². The number of methoxy groups -OCH3 is 1. The van der Waals surface area contributed by atoms with E-state index in [1.165, 1.54) is 32.1 Å². The molecule has 0 radical (unpaired) electrons. The largest absolute Gasteiger partial charge is 0.494 e. The molecule has 5 atom stereocenters. The Labute approximate surface area is 227 Å². The van der Waals surface area contributed by atoms with Gasteiger partial charge in [0.15, 0.2) is 5.82 Å². The maximum absolute atomic E-state index is 14.0. The first kappa shape index (κ1) is 22.1. The molecule has 9 rings (SSSR count). The third-order valence-corrected chi connectivity index (χ3v) is 11.0. The van der Waals surface area contributed by atoms with Gasteiger partial charge in [-0.2, -0.15) is 5.26 Å². The fraction of sp³-hybridized carbons (Fsp3) is 0.469. The minimum atomic E-state index is 0.146. The van der Waals surface area contributed by atoms with Gasteiger partial charge in [-0.3, -0.25) is 4.79 Å². The van der Waals surface area contributed by atoms with Crippen LogP contribution in [0, 0.1) is 34.5 Å². The van der Waals surface area contributed by atoms with Gasteiger partial charge in [-0.25, -0.2) is 4.98 Å². The summed E-state index contributed by atoms with van der Waals surface area (Å²) in [5, 5.41) is 10.5. The number of imidazole rings is 1. The van der Waals surface area contributed by atoms with Crippen LogP contribution in [0.2, 0.25) is 0 Å². The number of nitrogens with zero attached hydrogens (tertiary/aromatic N) is 5. The maximum atomic E-state index is 14.0. The molecule has 39 heavy (non-hydrogen) atoms. The van der Waals surface area contributed by atoms with Gasteiger partial charge in [0, 0.05) is 42.1 Å². The van der Waals surface area contributed by atoms with Crippen LogP contribution in [0.25, 0.3) is 33.5 Å². The van der Waals surface area contributed by atoms with Crippen molar-refractivity contribution in [3.8, 4) is 23.3 Å². The van der Waals surface area contributed by atoms with E-state index >= 15 is 0 Å². The predicted molar refractivity (Wildman–Crippen MR) is 147 cm³/mol. The lowest BCUT2D eigenvalue weighted by Gasteiger charge is -2.37. The van der Waals surface area contributed by atoms with Crippen molar-refractivity contribution >= 4 is 27.8 Å². The van der Waals surface area contributed by atoms with Gasteiger partial charge in [0.1, 0.15) is 11.3 Å². The second-order valence-corrected chi connectivity index (χ2v) is 12.7. The molecule has 3 heterocycles. The molecule has 1 amide bonds. The predicted octanol–water partition coefficient (Wildman–Crippen LogP) is 5.50. The van der Waals surface area contributed by atoms with Crippen LogP contribution in [0.5, 0.6) is 5.75 Å². The molecule has 2 bridgehead atoms. The number of hydrogen-bond acceptors (Lipinski definition) is 4. The van der Waals surface area contributed by atoms with E-state index in [2.05, 4.69) is 32.2 Å². The molecule has 5 unspecified atom stereocenters. The van der Waals surface area contributed by atoms with Crippen LogP contribution in [-0.2, 0) is 13.6 Å². The van der Waals surface area contributed by atoms with Gasteiger partial charge >= 0.3 is 0 Å². The Balaban J connectivity index is 1.17. The summed E-state index contributed by atoms with van der Waals surface area (Å²) in [5.41, 5.74) is 5.66. The molecule has 2 aromatic heterocycles. The Kier molecular flexibility index (Phi) is 4.09. The number of fused-ring (bicyclic) bond motifs is 4. The van der Waals surface area contributed by atoms with Crippen molar-refractivity contribution in [1.82, 2.24) is 19.0 Å². The van der Waals surface area contributed by atoms with Crippen LogP contribution >= 0.6 is 0 Å². The first-order chi connectivity index (χ1) is 19.0. The highest BCUT2D eigenvalue weighted by Crippen LogP contribution is 2.82. The molecule has 7 nitrogen and oxygen atoms in total. The summed E-state index contributed by atoms with van der Waals surface area (Å²) in [4.78, 5) is 21.4. The van der Waals surface area contributed by atoms with Crippen LogP contribution in [0.3, 0.4) is 0 Å². The highest BCUT2D eigenvalue weighted by Gasteiger charge is 2.82. The first-order valence-electron chi connectivity index (χ1n) is 14.4. The standard InChI is InChI=1S/C32H31N5O2/c1-35-29-24(34-30(35)26-11-19-9-18(15-33)5-8-25(19)36(26)16-17-3-4-17)10-20(12-27(29)39-2)31(38)37-21-6-7-22-23-13-28(37)32(22,23)14-21/h5,8-12,17,21-23,28H,3-4,6-7,13-14,16H2,1-2H3. The number of rotatable bonds is 5. The number of benzene rings is 2. The lowest BCUT2D eigenvalue weighted by atomic mass is 9.77. The number of likely N-dealkylation sites (tertiary alicyclic amines) is 1. The zero-order valence-corrected chi connectivity index (χ0v) is 22.4. The summed E-state index contributed by atoms with van der Waals surface area (Å²) in [7, 11) is 3.70. The van der Waals surface area contributed by atoms with E-state index in [0.717, 1.165) is 58.3 Å². The van der Waals surface area contributed by atoms with Crippen molar-refractivity contribution in [2.24, 2.45) is 30.2 Å². The number of ether oxygens (including phenoxy) is 1. The Morgan fingerprint density at radius 3 is 2.79 bits per heavy atom. The third-order valence-electron chi connectivity index (χ3n) is 11.0. The molecule has 2 aromatic carbocycles. The molecule has 4 aliphatic carbocycles. The average molecular weight is 518 g/mol. The smallest absolute Gasteiger partial charge is 0.254 e. The molecule has 5 fully saturated rings. The van der Waals surface area contributed by atoms with E-state index < -0.39 is 0 Å². The molecule has 0 N–H and O–H groups in total. The Bertz CT molecular complexity index is 1790. The van der Waals surface area contributed by atoms with E-state index in [1.54, 1.807) is 7.11 Å². The van der Waals surface area contributed by atoms with E-state index in [9.17, 15) is 10.1 Å². The van der Waals surface area contributed by atoms with Crippen molar-refractivity contribution in [2.45, 2.75) is 57.2 Å². The van der Waals surface area contributed by atoms with E-state index in [1.807, 2.05) is 31.3 Å². The first-order valence-corrected chi connectivity index (χ1v) is 14.4. The van der Waals surface area contributed by atoms with Crippen molar-refractivity contribution in [1.29, 1.82) is 5.26 Å². The van der Waals surface area contributed by atoms with E-state index in [4.69, 9.17) is 9.72 Å². The van der Waals surface area contributed by atoms with Crippen LogP contribution < -0.4 is 4.74 Å². The number of aromatic nitrogens is 3. The van der Waals surface area contributed by atoms with Crippen LogP contribution in [-0.4, -0.2) is 44.1 Å². The zero-order valence-electron chi connectivity index (χ0n) is 22.4. The number of amides is 1. The lowest BCUT2D eigenvalue weighted by molar-refractivity contribution is 0.0552. The summed E-state index contributed by atoms with van der Waals surface area (Å²) in [6.07, 6.45) is 7.35. The molecule has 196 valence electrons. The molecule has 1 saturated heterocycles. The third kappa shape index (κ3) is 2.72. The second-order valence-electron chi connectivity index (χ2n) is 12.7. The number of carbonyl (C=O) groups is 1. The van der Waals surface area contributed by atoms with Gasteiger partial charge in [0.2, 0.25) is 0 Å². The Hall–Kier alpha value is -3.79. The van der Waals surface area contributed by atoms with Gasteiger partial charge in [-0.1, -0.05) is 0 Å². The number of aryl methyl sites for hydroxylation is 1. The second kappa shape index (κ2) is 7.24. The highest BCUT2D eigenvalue weighted by molar-refractivity contribution is 6.01. The molecule has 1 aliphatic heterocycles. The van der Waals surface area contributed by atoms with Gasteiger partial charge in [0.25, 0.3) is 5.91 Å². The molecular weight excluding hydrogens is 486 g/mol. The van der Waals surface area contributed by atoms with E-state index in [-0.39, 0.29) is 5.91 Å². The average Bonchev–Trinajstić information content (AvgIpc) is 3.73. The molecule has 1 spiro atoms. The quantitative estimate of drug-likeness (QED) is 0.350. The summed E-state index contributed by atoms with van der Waals surface area (Å²) in [6.45, 7) is 0.941. The highest BCUT2D eigenvalue weighted by atomic mass is 16.5. The minimum Gasteiger partial charge on any atom is -0.494 e. The molecule has 7 heteroatoms. The van der Waals surface area contributed by atoms with Crippen molar-refractivity contribution in [3.05, 3.63) is 47.5 Å². The fourth-order valence-electron chi connectivity index (χ4n) is 9.02. The Morgan fingerprint density at radius 1 is 1.15 bits per heavy atom. The monoisotopic (exact) mass is 517 g/mol. The van der Waals surface area contributed by atoms with Crippen LogP contribution in [0.15, 0.2) is 36.4 Å². The number of nitriles is 1. The summed E-state index contributed by atoms with van der Waals surface area (Å²) < 4.78 is 10.3.